The Morgan fingerprint density at radius 1 is 1.50 bits per heavy atom. The predicted molar refractivity (Wildman–Crippen MR) is 38.1 cm³/mol. The topological polar surface area (TPSA) is 103 Å². The van der Waals surface area contributed by atoms with E-state index in [2.05, 4.69) is 5.16 Å². The minimum Gasteiger partial charge on any atom is -0.411 e. The zero-order valence-corrected chi connectivity index (χ0v) is 6.29. The molecule has 0 radical (unpaired) electrons. The average molecular weight is 177 g/mol. The molecule has 1 fully saturated rings. The van der Waals surface area contributed by atoms with Crippen LogP contribution in [0.25, 0.3) is 0 Å². The van der Waals surface area contributed by atoms with Gasteiger partial charge in [-0.15, -0.1) is 0 Å². The van der Waals surface area contributed by atoms with E-state index in [0.29, 0.717) is 0 Å². The summed E-state index contributed by atoms with van der Waals surface area (Å²) in [5.74, 6) is 0. The Morgan fingerprint density at radius 3 is 2.67 bits per heavy atom. The molecule has 3 atom stereocenters. The van der Waals surface area contributed by atoms with Crippen molar-refractivity contribution in [3.8, 4) is 0 Å². The highest BCUT2D eigenvalue weighted by molar-refractivity contribution is 5.90. The van der Waals surface area contributed by atoms with Crippen molar-refractivity contribution < 1.29 is 25.3 Å². The summed E-state index contributed by atoms with van der Waals surface area (Å²) < 4.78 is 4.86. The summed E-state index contributed by atoms with van der Waals surface area (Å²) in [5, 5.41) is 38.1. The summed E-state index contributed by atoms with van der Waals surface area (Å²) in [4.78, 5) is 0. The van der Waals surface area contributed by atoms with Crippen LogP contribution in [0.3, 0.4) is 0 Å². The molecular weight excluding hydrogens is 166 g/mol. The normalized spacial score (nSPS) is 40.2. The van der Waals surface area contributed by atoms with Crippen LogP contribution in [0.2, 0.25) is 0 Å². The number of aliphatic hydroxyl groups is 3. The standard InChI is InChI=1S/C6H11NO5/c8-1-4-6(10)5(9)3(7-11)2-12-4/h4-6,8-11H,1-2H2/b7-3+/t4-,5-,6-/m1/s1. The Bertz CT molecular complexity index is 183. The Balaban J connectivity index is 2.65. The fraction of sp³-hybridized carbons (Fsp3) is 0.833. The Kier molecular flexibility index (Phi) is 2.99. The van der Waals surface area contributed by atoms with Crippen LogP contribution < -0.4 is 0 Å². The molecule has 0 spiro atoms. The van der Waals surface area contributed by atoms with Crippen molar-refractivity contribution in [2.24, 2.45) is 5.16 Å². The van der Waals surface area contributed by atoms with Crippen LogP contribution >= 0.6 is 0 Å². The molecule has 1 heterocycles. The maximum atomic E-state index is 9.21. The number of ether oxygens (including phenoxy) is 1. The quantitative estimate of drug-likeness (QED) is 0.272. The first-order valence-corrected chi connectivity index (χ1v) is 3.50. The zero-order valence-electron chi connectivity index (χ0n) is 6.29. The van der Waals surface area contributed by atoms with Crippen LogP contribution in [0.4, 0.5) is 0 Å². The third-order valence-corrected chi connectivity index (χ3v) is 1.80. The van der Waals surface area contributed by atoms with Gasteiger partial charge in [-0.05, 0) is 0 Å². The third kappa shape index (κ3) is 1.56. The molecule has 4 N–H and O–H groups in total. The number of rotatable bonds is 1. The molecule has 1 aliphatic heterocycles. The van der Waals surface area contributed by atoms with E-state index in [0.717, 1.165) is 0 Å². The lowest BCUT2D eigenvalue weighted by molar-refractivity contribution is -0.102. The number of nitrogens with zero attached hydrogens (tertiary/aromatic N) is 1. The molecule has 6 heteroatoms. The molecule has 1 saturated heterocycles. The smallest absolute Gasteiger partial charge is 0.126 e. The van der Waals surface area contributed by atoms with Crippen molar-refractivity contribution >= 4 is 5.71 Å². The largest absolute Gasteiger partial charge is 0.411 e. The molecule has 70 valence electrons. The molecule has 6 nitrogen and oxygen atoms in total. The first-order chi connectivity index (χ1) is 5.70. The van der Waals surface area contributed by atoms with Gasteiger partial charge in [0, 0.05) is 0 Å². The van der Waals surface area contributed by atoms with Gasteiger partial charge in [0.05, 0.1) is 13.2 Å². The molecule has 12 heavy (non-hydrogen) atoms. The molecule has 1 rings (SSSR count). The first kappa shape index (κ1) is 9.40. The second-order valence-corrected chi connectivity index (χ2v) is 2.56. The molecule has 0 aromatic heterocycles. The molecule has 0 amide bonds. The zero-order chi connectivity index (χ0) is 9.14. The van der Waals surface area contributed by atoms with Crippen LogP contribution in [0.15, 0.2) is 5.16 Å². The molecule has 0 unspecified atom stereocenters. The van der Waals surface area contributed by atoms with Crippen LogP contribution in [0.5, 0.6) is 0 Å². The highest BCUT2D eigenvalue weighted by Crippen LogP contribution is 2.12. The molecular formula is C6H11NO5. The fourth-order valence-electron chi connectivity index (χ4n) is 1.03. The Labute approximate surface area is 68.7 Å². The second-order valence-electron chi connectivity index (χ2n) is 2.56. The van der Waals surface area contributed by atoms with Gasteiger partial charge in [0.15, 0.2) is 0 Å². The number of hydrogen-bond acceptors (Lipinski definition) is 6. The molecule has 0 aromatic rings. The molecule has 0 saturated carbocycles. The molecule has 0 bridgehead atoms. The van der Waals surface area contributed by atoms with Crippen molar-refractivity contribution in [3.05, 3.63) is 0 Å². The summed E-state index contributed by atoms with van der Waals surface area (Å²) in [6.07, 6.45) is -3.32. The summed E-state index contributed by atoms with van der Waals surface area (Å²) in [7, 11) is 0. The highest BCUT2D eigenvalue weighted by Gasteiger charge is 2.35. The van der Waals surface area contributed by atoms with Gasteiger partial charge in [0.25, 0.3) is 0 Å². The van der Waals surface area contributed by atoms with Gasteiger partial charge in [0.1, 0.15) is 24.0 Å². The van der Waals surface area contributed by atoms with Crippen molar-refractivity contribution in [2.45, 2.75) is 18.3 Å². The van der Waals surface area contributed by atoms with E-state index in [1.54, 1.807) is 0 Å². The maximum Gasteiger partial charge on any atom is 0.126 e. The maximum absolute atomic E-state index is 9.21. The summed E-state index contributed by atoms with van der Waals surface area (Å²) in [6.45, 7) is -0.461. The number of hydrogen-bond donors (Lipinski definition) is 4. The minimum absolute atomic E-state index is 0.0350. The Morgan fingerprint density at radius 2 is 2.17 bits per heavy atom. The van der Waals surface area contributed by atoms with Crippen molar-refractivity contribution in [1.29, 1.82) is 0 Å². The van der Waals surface area contributed by atoms with E-state index >= 15 is 0 Å². The lowest BCUT2D eigenvalue weighted by Crippen LogP contribution is -2.51. The lowest BCUT2D eigenvalue weighted by Gasteiger charge is -2.30. The van der Waals surface area contributed by atoms with Crippen molar-refractivity contribution in [1.82, 2.24) is 0 Å². The number of oxime groups is 1. The van der Waals surface area contributed by atoms with Crippen LogP contribution in [0.1, 0.15) is 0 Å². The van der Waals surface area contributed by atoms with Crippen molar-refractivity contribution in [3.63, 3.8) is 0 Å². The van der Waals surface area contributed by atoms with Gasteiger partial charge in [-0.3, -0.25) is 0 Å². The first-order valence-electron chi connectivity index (χ1n) is 3.50. The average Bonchev–Trinajstić information content (AvgIpc) is 2.10. The summed E-state index contributed by atoms with van der Waals surface area (Å²) in [5.41, 5.74) is -0.0350. The minimum atomic E-state index is -1.26. The van der Waals surface area contributed by atoms with Gasteiger partial charge in [-0.25, -0.2) is 0 Å². The van der Waals surface area contributed by atoms with E-state index in [4.69, 9.17) is 15.1 Å². The molecule has 1 aliphatic rings. The van der Waals surface area contributed by atoms with Gasteiger partial charge >= 0.3 is 0 Å². The highest BCUT2D eigenvalue weighted by atomic mass is 16.5. The predicted octanol–water partition coefficient (Wildman–Crippen LogP) is -2.07. The lowest BCUT2D eigenvalue weighted by atomic mass is 10.0. The van der Waals surface area contributed by atoms with E-state index in [1.807, 2.05) is 0 Å². The van der Waals surface area contributed by atoms with Gasteiger partial charge < -0.3 is 25.3 Å². The van der Waals surface area contributed by atoms with E-state index in [-0.39, 0.29) is 18.9 Å². The molecule has 0 aliphatic carbocycles. The summed E-state index contributed by atoms with van der Waals surface area (Å²) >= 11 is 0. The van der Waals surface area contributed by atoms with Crippen molar-refractivity contribution in [2.75, 3.05) is 13.2 Å². The van der Waals surface area contributed by atoms with Gasteiger partial charge in [0.2, 0.25) is 0 Å². The van der Waals surface area contributed by atoms with Gasteiger partial charge in [-0.2, -0.15) is 0 Å². The number of aliphatic hydroxyl groups excluding tert-OH is 3. The van der Waals surface area contributed by atoms with E-state index in [1.165, 1.54) is 0 Å². The molecule has 0 aromatic carbocycles. The van der Waals surface area contributed by atoms with E-state index in [9.17, 15) is 10.2 Å². The Hall–Kier alpha value is -0.690. The monoisotopic (exact) mass is 177 g/mol. The second kappa shape index (κ2) is 3.81. The fourth-order valence-corrected chi connectivity index (χ4v) is 1.03. The van der Waals surface area contributed by atoms with Crippen LogP contribution in [-0.2, 0) is 4.74 Å². The van der Waals surface area contributed by atoms with Crippen LogP contribution in [-0.4, -0.2) is 57.8 Å². The van der Waals surface area contributed by atoms with Gasteiger partial charge in [-0.1, -0.05) is 5.16 Å². The third-order valence-electron chi connectivity index (χ3n) is 1.80. The van der Waals surface area contributed by atoms with E-state index < -0.39 is 18.3 Å². The SMILES string of the molecule is OC[C@H]1OC/C(=N\O)[C@@H](O)[C@@H]1O. The van der Waals surface area contributed by atoms with Crippen LogP contribution in [0, 0.1) is 0 Å². The summed E-state index contributed by atoms with van der Waals surface area (Å²) in [6, 6.07) is 0.